The first-order chi connectivity index (χ1) is 16.2. The van der Waals surface area contributed by atoms with Crippen LogP contribution in [-0.4, -0.2) is 42.5 Å². The molecule has 178 valence electrons. The Morgan fingerprint density at radius 2 is 1.88 bits per heavy atom. The van der Waals surface area contributed by atoms with Gasteiger partial charge in [0.2, 0.25) is 17.2 Å². The zero-order valence-electron chi connectivity index (χ0n) is 18.9. The molecule has 2 N–H and O–H groups in total. The molecular formula is C25H24ClNO7. The number of aliphatic carboxylic acids is 1. The second kappa shape index (κ2) is 9.02. The van der Waals surface area contributed by atoms with Crippen LogP contribution >= 0.6 is 11.6 Å². The van der Waals surface area contributed by atoms with Crippen LogP contribution in [0.1, 0.15) is 35.7 Å². The van der Waals surface area contributed by atoms with Gasteiger partial charge >= 0.3 is 5.97 Å². The number of hydrogen-bond donors (Lipinski definition) is 2. The van der Waals surface area contributed by atoms with E-state index in [1.54, 1.807) is 6.92 Å². The third kappa shape index (κ3) is 3.88. The highest BCUT2D eigenvalue weighted by Crippen LogP contribution is 2.53. The summed E-state index contributed by atoms with van der Waals surface area (Å²) in [6.45, 7) is 1.78. The lowest BCUT2D eigenvalue weighted by Crippen LogP contribution is -2.55. The Hall–Kier alpha value is -3.52. The lowest BCUT2D eigenvalue weighted by Gasteiger charge is -2.35. The molecule has 0 bridgehead atoms. The van der Waals surface area contributed by atoms with Gasteiger partial charge in [-0.1, -0.05) is 30.7 Å². The number of methoxy groups -OCH3 is 2. The Morgan fingerprint density at radius 1 is 1.21 bits per heavy atom. The summed E-state index contributed by atoms with van der Waals surface area (Å²) in [4.78, 5) is 37.6. The first-order valence-electron chi connectivity index (χ1n) is 10.7. The van der Waals surface area contributed by atoms with E-state index in [1.807, 2.05) is 24.3 Å². The minimum absolute atomic E-state index is 0.0587. The molecular weight excluding hydrogens is 462 g/mol. The van der Waals surface area contributed by atoms with Crippen molar-refractivity contribution in [1.29, 1.82) is 0 Å². The summed E-state index contributed by atoms with van der Waals surface area (Å²) in [5, 5.41) is 12.1. The zero-order valence-corrected chi connectivity index (χ0v) is 19.7. The minimum atomic E-state index is -1.72. The number of carbonyl (C=O) groups excluding carboxylic acids is 2. The highest BCUT2D eigenvalue weighted by Gasteiger charge is 2.60. The second-order valence-corrected chi connectivity index (χ2v) is 8.70. The Kier molecular flexibility index (Phi) is 6.27. The maximum absolute atomic E-state index is 13.5. The Bertz CT molecular complexity index is 1200. The summed E-state index contributed by atoms with van der Waals surface area (Å²) in [5.74, 6) is -1.71. The van der Waals surface area contributed by atoms with Gasteiger partial charge in [0.05, 0.1) is 14.2 Å². The number of carbonyl (C=O) groups is 3. The summed E-state index contributed by atoms with van der Waals surface area (Å²) in [6, 6.07) is 8.82. The van der Waals surface area contributed by atoms with Gasteiger partial charge in [0, 0.05) is 35.9 Å². The average Bonchev–Trinajstić information content (AvgIpc) is 3.12. The fraction of sp³-hybridized carbons (Fsp3) is 0.320. The van der Waals surface area contributed by atoms with E-state index in [-0.39, 0.29) is 34.3 Å². The number of rotatable bonds is 7. The summed E-state index contributed by atoms with van der Waals surface area (Å²) < 4.78 is 16.7. The number of carboxylic acid groups (broad SMARTS) is 1. The number of nitrogens with one attached hydrogen (secondary N) is 1. The summed E-state index contributed by atoms with van der Waals surface area (Å²) >= 11 is 6.41. The monoisotopic (exact) mass is 485 g/mol. The largest absolute Gasteiger partial charge is 0.496 e. The molecule has 0 saturated heterocycles. The molecule has 0 radical (unpaired) electrons. The SMILES string of the molecule is COc1cc(OC)c2c(c1Cl)O[C@@]1(C(=O)C=C(Nc3ccc(CCC(=O)O)cc3)C[C@H]1C)C2=O. The van der Waals surface area contributed by atoms with Gasteiger partial charge in [-0.25, -0.2) is 0 Å². The first-order valence-corrected chi connectivity index (χ1v) is 11.1. The van der Waals surface area contributed by atoms with Crippen LogP contribution in [0.4, 0.5) is 5.69 Å². The number of ketones is 2. The molecule has 1 heterocycles. The van der Waals surface area contributed by atoms with Gasteiger partial charge in [-0.15, -0.1) is 0 Å². The predicted molar refractivity (Wildman–Crippen MR) is 125 cm³/mol. The van der Waals surface area contributed by atoms with Crippen molar-refractivity contribution in [3.05, 3.63) is 58.3 Å². The van der Waals surface area contributed by atoms with E-state index < -0.39 is 29.1 Å². The van der Waals surface area contributed by atoms with E-state index in [0.717, 1.165) is 11.3 Å². The number of carboxylic acids is 1. The molecule has 8 nitrogen and oxygen atoms in total. The molecule has 2 aromatic carbocycles. The lowest BCUT2D eigenvalue weighted by molar-refractivity contribution is -0.137. The molecule has 2 atom stereocenters. The molecule has 2 aliphatic rings. The van der Waals surface area contributed by atoms with Crippen molar-refractivity contribution >= 4 is 34.8 Å². The van der Waals surface area contributed by atoms with Crippen LogP contribution in [0.25, 0.3) is 0 Å². The Labute approximate surface area is 201 Å². The number of benzene rings is 2. The molecule has 1 aliphatic heterocycles. The quantitative estimate of drug-likeness (QED) is 0.558. The topological polar surface area (TPSA) is 111 Å². The zero-order chi connectivity index (χ0) is 24.6. The van der Waals surface area contributed by atoms with Crippen molar-refractivity contribution in [2.75, 3.05) is 19.5 Å². The van der Waals surface area contributed by atoms with Gasteiger partial charge in [0.1, 0.15) is 22.1 Å². The smallest absolute Gasteiger partial charge is 0.303 e. The van der Waals surface area contributed by atoms with E-state index in [0.29, 0.717) is 18.5 Å². The minimum Gasteiger partial charge on any atom is -0.496 e. The van der Waals surface area contributed by atoms with Crippen LogP contribution in [0.2, 0.25) is 5.02 Å². The number of fused-ring (bicyclic) bond motifs is 1. The molecule has 34 heavy (non-hydrogen) atoms. The predicted octanol–water partition coefficient (Wildman–Crippen LogP) is 4.29. The number of aryl methyl sites for hydroxylation is 1. The number of ether oxygens (including phenoxy) is 3. The molecule has 0 fully saturated rings. The van der Waals surface area contributed by atoms with E-state index in [1.165, 1.54) is 26.4 Å². The summed E-state index contributed by atoms with van der Waals surface area (Å²) in [7, 11) is 2.86. The van der Waals surface area contributed by atoms with Gasteiger partial charge < -0.3 is 24.6 Å². The van der Waals surface area contributed by atoms with E-state index in [4.69, 9.17) is 30.9 Å². The Balaban J connectivity index is 1.59. The fourth-order valence-electron chi connectivity index (χ4n) is 4.41. The highest BCUT2D eigenvalue weighted by molar-refractivity contribution is 6.36. The molecule has 0 unspecified atom stereocenters. The first kappa shape index (κ1) is 23.6. The van der Waals surface area contributed by atoms with E-state index in [2.05, 4.69) is 5.32 Å². The second-order valence-electron chi connectivity index (χ2n) is 8.32. The van der Waals surface area contributed by atoms with Gasteiger partial charge in [0.25, 0.3) is 0 Å². The van der Waals surface area contributed by atoms with E-state index in [9.17, 15) is 14.4 Å². The molecule has 1 spiro atoms. The molecule has 2 aromatic rings. The van der Waals surface area contributed by atoms with Crippen molar-refractivity contribution in [3.8, 4) is 17.2 Å². The van der Waals surface area contributed by atoms with Crippen LogP contribution in [0.3, 0.4) is 0 Å². The maximum atomic E-state index is 13.5. The van der Waals surface area contributed by atoms with Gasteiger partial charge in [-0.3, -0.25) is 14.4 Å². The fourth-order valence-corrected chi connectivity index (χ4v) is 4.67. The van der Waals surface area contributed by atoms with Gasteiger partial charge in [-0.05, 0) is 30.5 Å². The molecule has 0 saturated carbocycles. The molecule has 4 rings (SSSR count). The lowest BCUT2D eigenvalue weighted by atomic mass is 9.74. The standard InChI is InChI=1S/C25H24ClNO7/c1-13-10-16(27-15-7-4-14(5-8-15)6-9-20(29)30)11-19(28)25(13)24(31)21-17(32-2)12-18(33-3)22(26)23(21)34-25/h4-5,7-8,11-13,27H,6,9-10H2,1-3H3,(H,29,30)/t13-,25+/m1/s1. The molecule has 9 heteroatoms. The Morgan fingerprint density at radius 3 is 2.47 bits per heavy atom. The van der Waals surface area contributed by atoms with Crippen molar-refractivity contribution in [1.82, 2.24) is 0 Å². The normalized spacial score (nSPS) is 21.1. The van der Waals surface area contributed by atoms with Crippen LogP contribution < -0.4 is 19.5 Å². The van der Waals surface area contributed by atoms with Gasteiger partial charge in [-0.2, -0.15) is 0 Å². The van der Waals surface area contributed by atoms with Crippen molar-refractivity contribution in [3.63, 3.8) is 0 Å². The van der Waals surface area contributed by atoms with Crippen molar-refractivity contribution in [2.24, 2.45) is 5.92 Å². The molecule has 0 amide bonds. The summed E-state index contributed by atoms with van der Waals surface area (Å²) in [5.41, 5.74) is 0.701. The van der Waals surface area contributed by atoms with Gasteiger partial charge in [0.15, 0.2) is 5.75 Å². The number of allylic oxidation sites excluding steroid dienone is 1. The summed E-state index contributed by atoms with van der Waals surface area (Å²) in [6.07, 6.45) is 2.26. The van der Waals surface area contributed by atoms with Crippen LogP contribution in [0.5, 0.6) is 17.2 Å². The molecule has 1 aliphatic carbocycles. The van der Waals surface area contributed by atoms with Crippen LogP contribution in [0.15, 0.2) is 42.1 Å². The van der Waals surface area contributed by atoms with Crippen molar-refractivity contribution < 1.29 is 33.7 Å². The number of Topliss-reactive ketones (excluding diaryl/α,β-unsaturated/α-hetero) is 1. The number of hydrogen-bond acceptors (Lipinski definition) is 7. The maximum Gasteiger partial charge on any atom is 0.303 e. The third-order valence-corrected chi connectivity index (χ3v) is 6.55. The van der Waals surface area contributed by atoms with Crippen LogP contribution in [-0.2, 0) is 16.0 Å². The van der Waals surface area contributed by atoms with Crippen molar-refractivity contribution in [2.45, 2.75) is 31.8 Å². The average molecular weight is 486 g/mol. The number of halogens is 1. The highest BCUT2D eigenvalue weighted by atomic mass is 35.5. The van der Waals surface area contributed by atoms with Crippen LogP contribution in [0, 0.1) is 5.92 Å². The third-order valence-electron chi connectivity index (χ3n) is 6.20. The van der Waals surface area contributed by atoms with E-state index >= 15 is 0 Å². The molecule has 0 aromatic heterocycles. The number of anilines is 1.